The Kier molecular flexibility index (Phi) is 2.80. The molecular weight excluding hydrogens is 168 g/mol. The minimum atomic E-state index is -0.281. The largest absolute Gasteiger partial charge is 0.369 e. The molecule has 4 nitrogen and oxygen atoms in total. The lowest BCUT2D eigenvalue weighted by atomic mass is 10.1. The number of likely N-dealkylation sites (N-methyl/N-ethyl adjacent to an activating group) is 1. The summed E-state index contributed by atoms with van der Waals surface area (Å²) in [5.41, 5.74) is 6.28. The molecule has 0 heterocycles. The second-order valence-corrected chi connectivity index (χ2v) is 2.48. The lowest BCUT2D eigenvalue weighted by Gasteiger charge is -2.11. The van der Waals surface area contributed by atoms with Gasteiger partial charge in [0.15, 0.2) is 5.57 Å². The van der Waals surface area contributed by atoms with E-state index in [4.69, 9.17) is 10.6 Å². The molecule has 0 fully saturated rings. The molecule has 0 aromatic rings. The van der Waals surface area contributed by atoms with Crippen molar-refractivity contribution < 1.29 is 9.63 Å². The van der Waals surface area contributed by atoms with Gasteiger partial charge in [0.05, 0.1) is 19.3 Å². The molecule has 0 aromatic carbocycles. The first-order valence-electron chi connectivity index (χ1n) is 3.75. The highest BCUT2D eigenvalue weighted by Gasteiger charge is 2.25. The van der Waals surface area contributed by atoms with E-state index in [0.717, 1.165) is 5.06 Å². The Hall–Kier alpha value is -1.64. The van der Waals surface area contributed by atoms with E-state index >= 15 is 0 Å². The quantitative estimate of drug-likeness (QED) is 0.485. The highest BCUT2D eigenvalue weighted by Crippen LogP contribution is 2.11. The van der Waals surface area contributed by atoms with E-state index in [1.807, 2.05) is 0 Å². The third kappa shape index (κ3) is 1.93. The molecule has 1 aliphatic carbocycles. The maximum absolute atomic E-state index is 11.5. The third-order valence-corrected chi connectivity index (χ3v) is 1.68. The van der Waals surface area contributed by atoms with Crippen LogP contribution in [-0.4, -0.2) is 25.1 Å². The molecule has 0 atom stereocenters. The van der Waals surface area contributed by atoms with E-state index in [2.05, 4.69) is 6.08 Å². The number of hydrogen-bond donors (Lipinski definition) is 1. The topological polar surface area (TPSA) is 55.6 Å². The van der Waals surface area contributed by atoms with Gasteiger partial charge in [0, 0.05) is 13.1 Å². The molecule has 13 heavy (non-hydrogen) atoms. The predicted molar refractivity (Wildman–Crippen MR) is 47.9 cm³/mol. The molecular formula is C9H11N2O2+. The molecule has 0 bridgehead atoms. The van der Waals surface area contributed by atoms with Crippen LogP contribution >= 0.6 is 0 Å². The molecule has 0 unspecified atom stereocenters. The monoisotopic (exact) mass is 179 g/mol. The van der Waals surface area contributed by atoms with Gasteiger partial charge in [-0.15, -0.1) is 0 Å². The zero-order valence-electron chi connectivity index (χ0n) is 7.57. The Balaban J connectivity index is 2.84. The number of nitrogens with two attached hydrogens (primary N) is 1. The fourth-order valence-corrected chi connectivity index (χ4v) is 0.889. The van der Waals surface area contributed by atoms with Gasteiger partial charge < -0.3 is 5.73 Å². The molecule has 0 spiro atoms. The summed E-state index contributed by atoms with van der Waals surface area (Å²) >= 11 is 0. The van der Waals surface area contributed by atoms with Gasteiger partial charge in [0.25, 0.3) is 0 Å². The van der Waals surface area contributed by atoms with Crippen molar-refractivity contribution in [3.63, 3.8) is 0 Å². The molecule has 0 saturated carbocycles. The van der Waals surface area contributed by atoms with Crippen LogP contribution in [0.25, 0.3) is 0 Å². The predicted octanol–water partition coefficient (Wildman–Crippen LogP) is 0.148. The van der Waals surface area contributed by atoms with Crippen LogP contribution in [0.1, 0.15) is 0 Å². The van der Waals surface area contributed by atoms with Crippen molar-refractivity contribution in [1.82, 2.24) is 5.06 Å². The summed E-state index contributed by atoms with van der Waals surface area (Å²) < 4.78 is 0. The van der Waals surface area contributed by atoms with Crippen LogP contribution in [0.15, 0.2) is 29.5 Å². The minimum Gasteiger partial charge on any atom is -0.369 e. The van der Waals surface area contributed by atoms with Gasteiger partial charge in [-0.2, -0.15) is 0 Å². The zero-order chi connectivity index (χ0) is 9.84. The number of allylic oxidation sites excluding steroid dienone is 4. The van der Waals surface area contributed by atoms with Gasteiger partial charge >= 0.3 is 5.91 Å². The fraction of sp³-hybridized carbons (Fsp3) is 0.222. The summed E-state index contributed by atoms with van der Waals surface area (Å²) in [6.07, 6.45) is 7.72. The molecule has 0 radical (unpaired) electrons. The third-order valence-electron chi connectivity index (χ3n) is 1.68. The Morgan fingerprint density at radius 2 is 2.38 bits per heavy atom. The summed E-state index contributed by atoms with van der Waals surface area (Å²) in [5, 5.41) is 1.11. The Labute approximate surface area is 76.9 Å². The number of nitrogens with zero attached hydrogens (tertiary/aromatic N) is 1. The van der Waals surface area contributed by atoms with Gasteiger partial charge in [0.2, 0.25) is 5.70 Å². The first kappa shape index (κ1) is 9.45. The van der Waals surface area contributed by atoms with Crippen LogP contribution in [0.5, 0.6) is 0 Å². The van der Waals surface area contributed by atoms with Crippen molar-refractivity contribution >= 4 is 5.91 Å². The van der Waals surface area contributed by atoms with Gasteiger partial charge in [-0.3, -0.25) is 4.84 Å². The van der Waals surface area contributed by atoms with Gasteiger partial charge in [-0.1, -0.05) is 0 Å². The number of hydrogen-bond acceptors (Lipinski definition) is 3. The Morgan fingerprint density at radius 3 is 2.92 bits per heavy atom. The standard InChI is InChI=1S/C9H10N2O2/c1-11(13-2)9(12)7-5-3-4-6-8(7)10/h3-5H,1-2H3,(H-,10,12)/p+1. The SMILES string of the molecule is CON(C)C(=O)C1=CC=C[C+]=C1N. The fourth-order valence-electron chi connectivity index (χ4n) is 0.889. The number of carbonyl (C=O) groups is 1. The van der Waals surface area contributed by atoms with E-state index in [0.29, 0.717) is 11.3 Å². The van der Waals surface area contributed by atoms with Crippen LogP contribution in [-0.2, 0) is 9.63 Å². The van der Waals surface area contributed by atoms with Crippen LogP contribution < -0.4 is 5.73 Å². The lowest BCUT2D eigenvalue weighted by molar-refractivity contribution is -0.163. The van der Waals surface area contributed by atoms with E-state index in [-0.39, 0.29) is 5.91 Å². The average molecular weight is 179 g/mol. The molecule has 0 saturated heterocycles. The Morgan fingerprint density at radius 1 is 1.69 bits per heavy atom. The van der Waals surface area contributed by atoms with Crippen LogP contribution in [0.3, 0.4) is 0 Å². The zero-order valence-corrected chi connectivity index (χ0v) is 7.57. The highest BCUT2D eigenvalue weighted by atomic mass is 16.7. The summed E-state index contributed by atoms with van der Waals surface area (Å²) in [4.78, 5) is 16.2. The molecule has 68 valence electrons. The molecule has 2 N–H and O–H groups in total. The lowest BCUT2D eigenvalue weighted by Crippen LogP contribution is -2.29. The molecule has 4 heteroatoms. The van der Waals surface area contributed by atoms with E-state index in [9.17, 15) is 4.79 Å². The second kappa shape index (κ2) is 3.85. The van der Waals surface area contributed by atoms with Gasteiger partial charge in [-0.25, -0.2) is 9.86 Å². The maximum Gasteiger partial charge on any atom is 0.336 e. The number of hydroxylamine groups is 2. The van der Waals surface area contributed by atoms with E-state index in [1.165, 1.54) is 14.2 Å². The van der Waals surface area contributed by atoms with Crippen molar-refractivity contribution in [2.45, 2.75) is 0 Å². The van der Waals surface area contributed by atoms with E-state index < -0.39 is 0 Å². The van der Waals surface area contributed by atoms with Crippen LogP contribution in [0.2, 0.25) is 0 Å². The number of rotatable bonds is 2. The summed E-state index contributed by atoms with van der Waals surface area (Å²) in [7, 11) is 2.94. The summed E-state index contributed by atoms with van der Waals surface area (Å²) in [6, 6.07) is 0. The number of carbonyl (C=O) groups excluding carboxylic acids is 1. The van der Waals surface area contributed by atoms with Gasteiger partial charge in [0.1, 0.15) is 6.08 Å². The first-order chi connectivity index (χ1) is 6.16. The molecule has 0 aliphatic heterocycles. The van der Waals surface area contributed by atoms with Gasteiger partial charge in [-0.05, 0) is 0 Å². The first-order valence-corrected chi connectivity index (χ1v) is 3.75. The summed E-state index contributed by atoms with van der Waals surface area (Å²) in [6.45, 7) is 0. The van der Waals surface area contributed by atoms with Crippen molar-refractivity contribution in [3.8, 4) is 0 Å². The smallest absolute Gasteiger partial charge is 0.336 e. The summed E-state index contributed by atoms with van der Waals surface area (Å²) in [5.74, 6) is -0.281. The molecule has 0 aromatic heterocycles. The van der Waals surface area contributed by atoms with Crippen LogP contribution in [0.4, 0.5) is 0 Å². The number of amides is 1. The van der Waals surface area contributed by atoms with Crippen molar-refractivity contribution in [2.24, 2.45) is 5.73 Å². The average Bonchev–Trinajstić information content (AvgIpc) is 2.16. The molecule has 1 amide bonds. The van der Waals surface area contributed by atoms with Crippen molar-refractivity contribution in [1.29, 1.82) is 0 Å². The molecule has 1 rings (SSSR count). The van der Waals surface area contributed by atoms with Crippen molar-refractivity contribution in [3.05, 3.63) is 35.6 Å². The van der Waals surface area contributed by atoms with E-state index in [1.54, 1.807) is 18.2 Å². The highest BCUT2D eigenvalue weighted by molar-refractivity contribution is 5.97. The maximum atomic E-state index is 11.5. The second-order valence-electron chi connectivity index (χ2n) is 2.48. The van der Waals surface area contributed by atoms with Crippen LogP contribution in [0, 0.1) is 6.08 Å². The molecule has 1 aliphatic rings. The normalized spacial score (nSPS) is 14.3. The van der Waals surface area contributed by atoms with Crippen molar-refractivity contribution in [2.75, 3.05) is 14.2 Å². The minimum absolute atomic E-state index is 0.281. The Bertz CT molecular complexity index is 303.